The van der Waals surface area contributed by atoms with Crippen molar-refractivity contribution in [1.82, 2.24) is 20.1 Å². The number of pyridine rings is 1. The molecule has 1 aromatic carbocycles. The van der Waals surface area contributed by atoms with Gasteiger partial charge in [0.1, 0.15) is 5.82 Å². The number of anilines is 1. The smallest absolute Gasteiger partial charge is 0.224 e. The number of hydrogen-bond donors (Lipinski definition) is 1. The van der Waals surface area contributed by atoms with Crippen molar-refractivity contribution >= 4 is 11.7 Å². The molecule has 6 nitrogen and oxygen atoms in total. The van der Waals surface area contributed by atoms with Crippen molar-refractivity contribution in [1.29, 1.82) is 0 Å². The fraction of sp³-hybridized carbons (Fsp3) is 0.318. The Hall–Kier alpha value is -3.15. The standard InChI is InChI=1S/C22H25N5O/c1-17(15-27-12-5-11-25-27)22(28)24-14-19-8-4-10-23-21(19)26-13-9-18-6-2-3-7-20(18)16-26/h2-8,10-12,17H,9,13-16H2,1H3,(H,24,28). The minimum absolute atomic E-state index is 0.0225. The van der Waals surface area contributed by atoms with Gasteiger partial charge in [0, 0.05) is 43.8 Å². The van der Waals surface area contributed by atoms with Gasteiger partial charge in [-0.3, -0.25) is 9.48 Å². The summed E-state index contributed by atoms with van der Waals surface area (Å²) in [4.78, 5) is 19.4. The van der Waals surface area contributed by atoms with Gasteiger partial charge in [-0.1, -0.05) is 37.3 Å². The third kappa shape index (κ3) is 4.06. The molecule has 0 radical (unpaired) electrons. The summed E-state index contributed by atoms with van der Waals surface area (Å²) < 4.78 is 1.78. The first kappa shape index (κ1) is 18.2. The molecule has 1 aliphatic rings. The van der Waals surface area contributed by atoms with E-state index in [-0.39, 0.29) is 11.8 Å². The van der Waals surface area contributed by atoms with Gasteiger partial charge in [-0.05, 0) is 29.7 Å². The van der Waals surface area contributed by atoms with E-state index in [1.807, 2.05) is 37.5 Å². The Bertz CT molecular complexity index is 938. The van der Waals surface area contributed by atoms with Gasteiger partial charge in [-0.2, -0.15) is 5.10 Å². The predicted molar refractivity (Wildman–Crippen MR) is 109 cm³/mol. The highest BCUT2D eigenvalue weighted by molar-refractivity contribution is 5.78. The maximum atomic E-state index is 12.5. The van der Waals surface area contributed by atoms with Crippen LogP contribution in [-0.4, -0.2) is 27.2 Å². The second-order valence-corrected chi connectivity index (χ2v) is 7.27. The van der Waals surface area contributed by atoms with E-state index in [0.29, 0.717) is 13.1 Å². The van der Waals surface area contributed by atoms with E-state index in [9.17, 15) is 4.79 Å². The number of benzene rings is 1. The lowest BCUT2D eigenvalue weighted by atomic mass is 9.99. The Balaban J connectivity index is 1.41. The lowest BCUT2D eigenvalue weighted by molar-refractivity contribution is -0.125. The number of fused-ring (bicyclic) bond motifs is 1. The zero-order valence-electron chi connectivity index (χ0n) is 16.1. The third-order valence-electron chi connectivity index (χ3n) is 5.22. The molecule has 3 heterocycles. The Morgan fingerprint density at radius 1 is 1.14 bits per heavy atom. The summed E-state index contributed by atoms with van der Waals surface area (Å²) in [7, 11) is 0. The average molecular weight is 375 g/mol. The van der Waals surface area contributed by atoms with Crippen LogP contribution in [0.5, 0.6) is 0 Å². The van der Waals surface area contributed by atoms with Crippen LogP contribution in [0.2, 0.25) is 0 Å². The highest BCUT2D eigenvalue weighted by Crippen LogP contribution is 2.25. The molecule has 0 spiro atoms. The molecule has 1 atom stereocenters. The molecule has 2 aromatic heterocycles. The topological polar surface area (TPSA) is 63.1 Å². The number of rotatable bonds is 6. The van der Waals surface area contributed by atoms with Crippen LogP contribution in [0.1, 0.15) is 23.6 Å². The molecule has 1 aliphatic heterocycles. The fourth-order valence-electron chi connectivity index (χ4n) is 3.66. The number of nitrogens with one attached hydrogen (secondary N) is 1. The number of nitrogens with zero attached hydrogens (tertiary/aromatic N) is 4. The molecule has 1 N–H and O–H groups in total. The highest BCUT2D eigenvalue weighted by atomic mass is 16.1. The summed E-state index contributed by atoms with van der Waals surface area (Å²) in [6.07, 6.45) is 6.43. The highest BCUT2D eigenvalue weighted by Gasteiger charge is 2.20. The molecule has 1 unspecified atom stereocenters. The summed E-state index contributed by atoms with van der Waals surface area (Å²) in [6.45, 7) is 4.75. The van der Waals surface area contributed by atoms with Crippen molar-refractivity contribution in [2.45, 2.75) is 33.0 Å². The van der Waals surface area contributed by atoms with Gasteiger partial charge in [0.2, 0.25) is 5.91 Å². The van der Waals surface area contributed by atoms with Crippen LogP contribution in [0.4, 0.5) is 5.82 Å². The lowest BCUT2D eigenvalue weighted by Crippen LogP contribution is -2.34. The van der Waals surface area contributed by atoms with Crippen LogP contribution >= 0.6 is 0 Å². The Morgan fingerprint density at radius 3 is 2.82 bits per heavy atom. The predicted octanol–water partition coefficient (Wildman–Crippen LogP) is 2.79. The molecule has 0 aliphatic carbocycles. The molecular formula is C22H25N5O. The van der Waals surface area contributed by atoms with Crippen LogP contribution < -0.4 is 10.2 Å². The maximum Gasteiger partial charge on any atom is 0.224 e. The number of amides is 1. The molecule has 4 rings (SSSR count). The fourth-order valence-corrected chi connectivity index (χ4v) is 3.66. The normalized spacial score (nSPS) is 14.4. The van der Waals surface area contributed by atoms with Crippen molar-refractivity contribution < 1.29 is 4.79 Å². The largest absolute Gasteiger partial charge is 0.352 e. The average Bonchev–Trinajstić information content (AvgIpc) is 3.25. The van der Waals surface area contributed by atoms with Gasteiger partial charge in [-0.15, -0.1) is 0 Å². The van der Waals surface area contributed by atoms with Gasteiger partial charge in [0.05, 0.1) is 12.5 Å². The summed E-state index contributed by atoms with van der Waals surface area (Å²) in [5.41, 5.74) is 3.81. The van der Waals surface area contributed by atoms with Crippen molar-refractivity contribution in [2.75, 3.05) is 11.4 Å². The number of aromatic nitrogens is 3. The summed E-state index contributed by atoms with van der Waals surface area (Å²) in [5, 5.41) is 7.23. The van der Waals surface area contributed by atoms with Crippen LogP contribution in [0.25, 0.3) is 0 Å². The number of carbonyl (C=O) groups is 1. The van der Waals surface area contributed by atoms with E-state index in [2.05, 4.69) is 44.6 Å². The number of carbonyl (C=O) groups excluding carboxylic acids is 1. The first-order valence-corrected chi connectivity index (χ1v) is 9.71. The Labute approximate surface area is 165 Å². The second-order valence-electron chi connectivity index (χ2n) is 7.27. The molecule has 1 amide bonds. The molecule has 144 valence electrons. The van der Waals surface area contributed by atoms with E-state index in [4.69, 9.17) is 0 Å². The van der Waals surface area contributed by atoms with Gasteiger partial charge in [-0.25, -0.2) is 4.98 Å². The number of hydrogen-bond acceptors (Lipinski definition) is 4. The SMILES string of the molecule is CC(Cn1cccn1)C(=O)NCc1cccnc1N1CCc2ccccc2C1. The van der Waals surface area contributed by atoms with Crippen molar-refractivity contribution in [3.63, 3.8) is 0 Å². The zero-order chi connectivity index (χ0) is 19.3. The van der Waals surface area contributed by atoms with E-state index in [1.165, 1.54) is 11.1 Å². The Morgan fingerprint density at radius 2 is 2.00 bits per heavy atom. The lowest BCUT2D eigenvalue weighted by Gasteiger charge is -2.31. The van der Waals surface area contributed by atoms with E-state index in [1.54, 1.807) is 10.9 Å². The van der Waals surface area contributed by atoms with E-state index < -0.39 is 0 Å². The van der Waals surface area contributed by atoms with Gasteiger partial charge in [0.15, 0.2) is 0 Å². The van der Waals surface area contributed by atoms with Crippen LogP contribution in [-0.2, 0) is 30.8 Å². The minimum atomic E-state index is -0.151. The maximum absolute atomic E-state index is 12.5. The van der Waals surface area contributed by atoms with Crippen molar-refractivity contribution in [3.8, 4) is 0 Å². The van der Waals surface area contributed by atoms with Crippen LogP contribution in [0, 0.1) is 5.92 Å². The van der Waals surface area contributed by atoms with Crippen molar-refractivity contribution in [2.24, 2.45) is 5.92 Å². The summed E-state index contributed by atoms with van der Waals surface area (Å²) >= 11 is 0. The Kier molecular flexibility index (Phi) is 5.37. The molecule has 0 bridgehead atoms. The van der Waals surface area contributed by atoms with E-state index in [0.717, 1.165) is 30.9 Å². The molecule has 0 saturated carbocycles. The monoisotopic (exact) mass is 375 g/mol. The molecular weight excluding hydrogens is 350 g/mol. The molecule has 0 fully saturated rings. The third-order valence-corrected chi connectivity index (χ3v) is 5.22. The summed E-state index contributed by atoms with van der Waals surface area (Å²) in [6, 6.07) is 14.4. The summed E-state index contributed by atoms with van der Waals surface area (Å²) in [5.74, 6) is 0.827. The molecule has 0 saturated heterocycles. The van der Waals surface area contributed by atoms with Crippen molar-refractivity contribution in [3.05, 3.63) is 77.7 Å². The van der Waals surface area contributed by atoms with Crippen LogP contribution in [0.3, 0.4) is 0 Å². The van der Waals surface area contributed by atoms with Gasteiger partial charge < -0.3 is 10.2 Å². The quantitative estimate of drug-likeness (QED) is 0.720. The van der Waals surface area contributed by atoms with Gasteiger partial charge >= 0.3 is 0 Å². The first-order valence-electron chi connectivity index (χ1n) is 9.71. The molecule has 28 heavy (non-hydrogen) atoms. The van der Waals surface area contributed by atoms with Crippen LogP contribution in [0.15, 0.2) is 61.1 Å². The zero-order valence-corrected chi connectivity index (χ0v) is 16.1. The van der Waals surface area contributed by atoms with E-state index >= 15 is 0 Å². The minimum Gasteiger partial charge on any atom is -0.352 e. The van der Waals surface area contributed by atoms with Gasteiger partial charge in [0.25, 0.3) is 0 Å². The molecule has 3 aromatic rings. The first-order chi connectivity index (χ1) is 13.7. The second kappa shape index (κ2) is 8.25. The molecule has 6 heteroatoms.